The normalized spacial score (nSPS) is 24.5. The summed E-state index contributed by atoms with van der Waals surface area (Å²) in [6, 6.07) is 5.82. The quantitative estimate of drug-likeness (QED) is 0.852. The van der Waals surface area contributed by atoms with Gasteiger partial charge in [0, 0.05) is 13.1 Å². The van der Waals surface area contributed by atoms with Crippen LogP contribution in [-0.2, 0) is 10.0 Å². The van der Waals surface area contributed by atoms with Gasteiger partial charge >= 0.3 is 0 Å². The zero-order valence-corrected chi connectivity index (χ0v) is 14.6. The van der Waals surface area contributed by atoms with Crippen molar-refractivity contribution in [3.05, 3.63) is 29.3 Å². The Labute approximate surface area is 129 Å². The number of hydrogen-bond donors (Lipinski definition) is 0. The molecule has 0 radical (unpaired) electrons. The van der Waals surface area contributed by atoms with E-state index in [4.69, 9.17) is 0 Å². The Balaban J connectivity index is 2.41. The summed E-state index contributed by atoms with van der Waals surface area (Å²) >= 11 is 0. The van der Waals surface area contributed by atoms with Gasteiger partial charge in [-0.3, -0.25) is 0 Å². The van der Waals surface area contributed by atoms with E-state index in [0.29, 0.717) is 35.7 Å². The van der Waals surface area contributed by atoms with Crippen molar-refractivity contribution in [1.82, 2.24) is 4.31 Å². The molecule has 1 aromatic carbocycles. The number of benzene rings is 1. The van der Waals surface area contributed by atoms with Crippen LogP contribution in [0.3, 0.4) is 0 Å². The average Bonchev–Trinajstić information content (AvgIpc) is 2.37. The van der Waals surface area contributed by atoms with Crippen molar-refractivity contribution in [2.45, 2.75) is 51.9 Å². The van der Waals surface area contributed by atoms with E-state index in [9.17, 15) is 8.42 Å². The Bertz CT molecular complexity index is 597. The molecule has 21 heavy (non-hydrogen) atoms. The first-order valence-corrected chi connectivity index (χ1v) is 9.26. The van der Waals surface area contributed by atoms with Crippen molar-refractivity contribution in [3.63, 3.8) is 0 Å². The highest BCUT2D eigenvalue weighted by atomic mass is 32.2. The fourth-order valence-corrected chi connectivity index (χ4v) is 5.13. The first-order chi connectivity index (χ1) is 9.71. The van der Waals surface area contributed by atoms with Gasteiger partial charge in [0.1, 0.15) is 0 Å². The topological polar surface area (TPSA) is 37.4 Å². The minimum Gasteiger partial charge on any atom is -0.207 e. The third-order valence-corrected chi connectivity index (χ3v) is 6.31. The third-order valence-electron chi connectivity index (χ3n) is 4.33. The molecule has 3 nitrogen and oxygen atoms in total. The van der Waals surface area contributed by atoms with Gasteiger partial charge in [0.05, 0.1) is 4.90 Å². The van der Waals surface area contributed by atoms with Gasteiger partial charge in [-0.1, -0.05) is 39.8 Å². The Hall–Kier alpha value is -0.870. The molecule has 1 saturated heterocycles. The zero-order chi connectivity index (χ0) is 15.8. The lowest BCUT2D eigenvalue weighted by atomic mass is 9.94. The number of hydrogen-bond acceptors (Lipinski definition) is 2. The highest BCUT2D eigenvalue weighted by Gasteiger charge is 2.32. The molecule has 2 atom stereocenters. The van der Waals surface area contributed by atoms with Gasteiger partial charge in [-0.15, -0.1) is 0 Å². The first kappa shape index (κ1) is 16.5. The van der Waals surface area contributed by atoms with Crippen LogP contribution in [0.5, 0.6) is 0 Å². The van der Waals surface area contributed by atoms with Crippen LogP contribution in [0.1, 0.15) is 51.2 Å². The van der Waals surface area contributed by atoms with E-state index in [1.54, 1.807) is 4.31 Å². The Kier molecular flexibility index (Phi) is 4.79. The van der Waals surface area contributed by atoms with Crippen molar-refractivity contribution in [3.8, 4) is 0 Å². The number of nitrogens with zero attached hydrogens (tertiary/aromatic N) is 1. The molecule has 2 rings (SSSR count). The Morgan fingerprint density at radius 1 is 1.14 bits per heavy atom. The van der Waals surface area contributed by atoms with Crippen LogP contribution in [0.25, 0.3) is 0 Å². The largest absolute Gasteiger partial charge is 0.243 e. The molecule has 118 valence electrons. The summed E-state index contributed by atoms with van der Waals surface area (Å²) in [5.74, 6) is 1.19. The van der Waals surface area contributed by atoms with E-state index < -0.39 is 10.0 Å². The molecule has 0 amide bonds. The van der Waals surface area contributed by atoms with E-state index in [0.717, 1.165) is 17.5 Å². The fraction of sp³-hybridized carbons (Fsp3) is 0.647. The van der Waals surface area contributed by atoms with Crippen LogP contribution in [0.15, 0.2) is 23.1 Å². The lowest BCUT2D eigenvalue weighted by Crippen LogP contribution is -2.42. The summed E-state index contributed by atoms with van der Waals surface area (Å²) in [5, 5.41) is 0. The highest BCUT2D eigenvalue weighted by Crippen LogP contribution is 2.29. The molecule has 4 heteroatoms. The summed E-state index contributed by atoms with van der Waals surface area (Å²) < 4.78 is 27.7. The van der Waals surface area contributed by atoms with Crippen molar-refractivity contribution >= 4 is 10.0 Å². The lowest BCUT2D eigenvalue weighted by Gasteiger charge is -2.34. The number of sulfonamides is 1. The van der Waals surface area contributed by atoms with Gasteiger partial charge in [-0.25, -0.2) is 8.42 Å². The van der Waals surface area contributed by atoms with Crippen molar-refractivity contribution in [1.29, 1.82) is 0 Å². The maximum Gasteiger partial charge on any atom is 0.243 e. The van der Waals surface area contributed by atoms with E-state index in [1.165, 1.54) is 0 Å². The van der Waals surface area contributed by atoms with Gasteiger partial charge in [-0.2, -0.15) is 4.31 Å². The molecule has 0 N–H and O–H groups in total. The summed E-state index contributed by atoms with van der Waals surface area (Å²) in [4.78, 5) is 0.481. The van der Waals surface area contributed by atoms with Gasteiger partial charge in [0.2, 0.25) is 10.0 Å². The van der Waals surface area contributed by atoms with Gasteiger partial charge < -0.3 is 0 Å². The second-order valence-corrected chi connectivity index (χ2v) is 8.85. The van der Waals surface area contributed by atoms with Gasteiger partial charge in [-0.05, 0) is 48.3 Å². The summed E-state index contributed by atoms with van der Waals surface area (Å²) in [7, 11) is -3.38. The molecule has 0 bridgehead atoms. The molecule has 1 fully saturated rings. The fourth-order valence-electron chi connectivity index (χ4n) is 3.19. The predicted molar refractivity (Wildman–Crippen MR) is 87.0 cm³/mol. The second kappa shape index (κ2) is 6.09. The smallest absolute Gasteiger partial charge is 0.207 e. The van der Waals surface area contributed by atoms with Crippen molar-refractivity contribution in [2.75, 3.05) is 13.1 Å². The number of piperidine rings is 1. The Morgan fingerprint density at radius 2 is 1.71 bits per heavy atom. The van der Waals surface area contributed by atoms with Crippen molar-refractivity contribution in [2.24, 2.45) is 11.8 Å². The Morgan fingerprint density at radius 3 is 2.24 bits per heavy atom. The van der Waals surface area contributed by atoms with Crippen LogP contribution in [-0.4, -0.2) is 25.8 Å². The van der Waals surface area contributed by atoms with Crippen LogP contribution < -0.4 is 0 Å². The highest BCUT2D eigenvalue weighted by molar-refractivity contribution is 7.89. The zero-order valence-electron chi connectivity index (χ0n) is 13.8. The number of aryl methyl sites for hydroxylation is 1. The van der Waals surface area contributed by atoms with Gasteiger partial charge in [0.15, 0.2) is 0 Å². The van der Waals surface area contributed by atoms with Crippen molar-refractivity contribution < 1.29 is 8.42 Å². The average molecular weight is 309 g/mol. The minimum atomic E-state index is -3.38. The van der Waals surface area contributed by atoms with E-state index >= 15 is 0 Å². The van der Waals surface area contributed by atoms with E-state index in [2.05, 4.69) is 27.7 Å². The summed E-state index contributed by atoms with van der Waals surface area (Å²) in [5.41, 5.74) is 1.92. The minimum absolute atomic E-state index is 0.332. The monoisotopic (exact) mass is 309 g/mol. The number of rotatable bonds is 3. The van der Waals surface area contributed by atoms with E-state index in [-0.39, 0.29) is 0 Å². The standard InChI is InChI=1S/C17H27NO2S/c1-12(2)16-7-6-15(5)17(9-16)21(19,20)18-10-13(3)8-14(4)11-18/h6-7,9,12-14H,8,10-11H2,1-5H3. The molecule has 1 heterocycles. The second-order valence-electron chi connectivity index (χ2n) is 6.95. The van der Waals surface area contributed by atoms with Crippen LogP contribution >= 0.6 is 0 Å². The molecule has 1 aromatic rings. The summed E-state index contributed by atoms with van der Waals surface area (Å²) in [6.07, 6.45) is 1.11. The van der Waals surface area contributed by atoms with Crippen LogP contribution in [0.4, 0.5) is 0 Å². The lowest BCUT2D eigenvalue weighted by molar-refractivity contribution is 0.222. The van der Waals surface area contributed by atoms with Crippen LogP contribution in [0, 0.1) is 18.8 Å². The molecule has 2 unspecified atom stereocenters. The molecule has 0 saturated carbocycles. The molecular weight excluding hydrogens is 282 g/mol. The maximum absolute atomic E-state index is 13.0. The van der Waals surface area contributed by atoms with Crippen LogP contribution in [0.2, 0.25) is 0 Å². The molecule has 0 aromatic heterocycles. The van der Waals surface area contributed by atoms with E-state index in [1.807, 2.05) is 25.1 Å². The van der Waals surface area contributed by atoms with Gasteiger partial charge in [0.25, 0.3) is 0 Å². The molecule has 0 aliphatic carbocycles. The summed E-state index contributed by atoms with van der Waals surface area (Å²) in [6.45, 7) is 11.6. The maximum atomic E-state index is 13.0. The molecule has 1 aliphatic heterocycles. The first-order valence-electron chi connectivity index (χ1n) is 7.82. The SMILES string of the molecule is Cc1ccc(C(C)C)cc1S(=O)(=O)N1CC(C)CC(C)C1. The third kappa shape index (κ3) is 3.49. The molecule has 1 aliphatic rings. The predicted octanol–water partition coefficient (Wildman–Crippen LogP) is 3.79. The molecular formula is C17H27NO2S. The molecule has 0 spiro atoms.